The van der Waals surface area contributed by atoms with Crippen molar-refractivity contribution in [2.75, 3.05) is 0 Å². The first-order valence-electron chi connectivity index (χ1n) is 5.32. The molecule has 3 heteroatoms. The molecule has 0 aliphatic carbocycles. The molecule has 0 unspecified atom stereocenters. The van der Waals surface area contributed by atoms with Crippen molar-refractivity contribution >= 4 is 39.2 Å². The van der Waals surface area contributed by atoms with E-state index in [1.165, 1.54) is 0 Å². The van der Waals surface area contributed by atoms with Gasteiger partial charge in [0, 0.05) is 9.50 Å². The maximum absolute atomic E-state index is 9.23. The third-order valence-electron chi connectivity index (χ3n) is 2.42. The quantitative estimate of drug-likeness (QED) is 0.554. The van der Waals surface area contributed by atoms with Crippen molar-refractivity contribution in [2.24, 2.45) is 0 Å². The maximum Gasteiger partial charge on any atom is 0.0998 e. The molecule has 18 heavy (non-hydrogen) atoms. The zero-order valence-electron chi connectivity index (χ0n) is 9.40. The van der Waals surface area contributed by atoms with E-state index in [2.05, 4.69) is 22.0 Å². The van der Waals surface area contributed by atoms with E-state index >= 15 is 0 Å². The van der Waals surface area contributed by atoms with Gasteiger partial charge in [0.15, 0.2) is 0 Å². The molecule has 88 valence electrons. The van der Waals surface area contributed by atoms with Gasteiger partial charge in [-0.15, -0.1) is 0 Å². The molecule has 2 aromatic rings. The van der Waals surface area contributed by atoms with Crippen LogP contribution in [-0.2, 0) is 0 Å². The lowest BCUT2D eigenvalue weighted by Crippen LogP contribution is -1.82. The van der Waals surface area contributed by atoms with E-state index in [0.29, 0.717) is 10.6 Å². The Balaban J connectivity index is 2.44. The standard InChI is InChI=1S/C15H9BrClN/c16-14-5-1-3-11(8-14)7-13(10-18)12-4-2-6-15(17)9-12/h1-9H/b13-7-. The van der Waals surface area contributed by atoms with Crippen LogP contribution < -0.4 is 0 Å². The molecule has 0 amide bonds. The molecule has 0 saturated carbocycles. The SMILES string of the molecule is N#C/C(=C/c1cccc(Br)c1)c1cccc(Cl)c1. The summed E-state index contributed by atoms with van der Waals surface area (Å²) in [6.45, 7) is 0. The van der Waals surface area contributed by atoms with Gasteiger partial charge in [0.25, 0.3) is 0 Å². The smallest absolute Gasteiger partial charge is 0.0998 e. The average Bonchev–Trinajstić information content (AvgIpc) is 2.36. The van der Waals surface area contributed by atoms with Crippen LogP contribution in [0.3, 0.4) is 0 Å². The molecular formula is C15H9BrClN. The monoisotopic (exact) mass is 317 g/mol. The lowest BCUT2D eigenvalue weighted by molar-refractivity contribution is 1.52. The Morgan fingerprint density at radius 1 is 1.17 bits per heavy atom. The van der Waals surface area contributed by atoms with E-state index in [-0.39, 0.29) is 0 Å². The predicted octanol–water partition coefficient (Wildman–Crippen LogP) is 5.17. The summed E-state index contributed by atoms with van der Waals surface area (Å²) in [7, 11) is 0. The minimum atomic E-state index is 0.593. The van der Waals surface area contributed by atoms with Crippen molar-refractivity contribution < 1.29 is 0 Å². The third-order valence-corrected chi connectivity index (χ3v) is 3.14. The van der Waals surface area contributed by atoms with E-state index < -0.39 is 0 Å². The average molecular weight is 319 g/mol. The molecule has 0 aliphatic heterocycles. The van der Waals surface area contributed by atoms with Crippen LogP contribution in [0.25, 0.3) is 11.6 Å². The zero-order valence-corrected chi connectivity index (χ0v) is 11.7. The summed E-state index contributed by atoms with van der Waals surface area (Å²) in [6.07, 6.45) is 1.84. The molecule has 2 aromatic carbocycles. The number of halogens is 2. The van der Waals surface area contributed by atoms with Crippen LogP contribution in [0, 0.1) is 11.3 Å². The van der Waals surface area contributed by atoms with Gasteiger partial charge in [-0.25, -0.2) is 0 Å². The van der Waals surface area contributed by atoms with Crippen LogP contribution >= 0.6 is 27.5 Å². The Labute approximate surface area is 119 Å². The van der Waals surface area contributed by atoms with E-state index in [1.54, 1.807) is 12.1 Å². The normalized spacial score (nSPS) is 11.1. The van der Waals surface area contributed by atoms with Crippen LogP contribution in [0.4, 0.5) is 0 Å². The molecule has 0 bridgehead atoms. The van der Waals surface area contributed by atoms with Crippen molar-refractivity contribution in [2.45, 2.75) is 0 Å². The Morgan fingerprint density at radius 2 is 1.94 bits per heavy atom. The van der Waals surface area contributed by atoms with E-state index in [9.17, 15) is 5.26 Å². The highest BCUT2D eigenvalue weighted by molar-refractivity contribution is 9.10. The molecule has 0 atom stereocenters. The zero-order chi connectivity index (χ0) is 13.0. The number of nitriles is 1. The highest BCUT2D eigenvalue weighted by Gasteiger charge is 2.02. The predicted molar refractivity (Wildman–Crippen MR) is 79.1 cm³/mol. The second-order valence-electron chi connectivity index (χ2n) is 3.74. The summed E-state index contributed by atoms with van der Waals surface area (Å²) in [4.78, 5) is 0. The fraction of sp³-hybridized carbons (Fsp3) is 0. The number of hydrogen-bond donors (Lipinski definition) is 0. The van der Waals surface area contributed by atoms with Gasteiger partial charge in [-0.1, -0.05) is 51.8 Å². The third kappa shape index (κ3) is 3.22. The molecule has 2 rings (SSSR count). The van der Waals surface area contributed by atoms with E-state index in [1.807, 2.05) is 42.5 Å². The summed E-state index contributed by atoms with van der Waals surface area (Å²) in [5.74, 6) is 0. The Bertz CT molecular complexity index is 641. The molecule has 1 nitrogen and oxygen atoms in total. The minimum absolute atomic E-state index is 0.593. The number of hydrogen-bond acceptors (Lipinski definition) is 1. The van der Waals surface area contributed by atoms with Gasteiger partial charge in [0.1, 0.15) is 0 Å². The van der Waals surface area contributed by atoms with Crippen molar-refractivity contribution in [1.82, 2.24) is 0 Å². The Morgan fingerprint density at radius 3 is 2.61 bits per heavy atom. The van der Waals surface area contributed by atoms with Gasteiger partial charge in [0.2, 0.25) is 0 Å². The number of benzene rings is 2. The van der Waals surface area contributed by atoms with E-state index in [0.717, 1.165) is 15.6 Å². The second kappa shape index (κ2) is 5.86. The summed E-state index contributed by atoms with van der Waals surface area (Å²) >= 11 is 9.34. The summed E-state index contributed by atoms with van der Waals surface area (Å²) in [5, 5.41) is 9.86. The molecule has 0 radical (unpaired) electrons. The van der Waals surface area contributed by atoms with Gasteiger partial charge in [-0.3, -0.25) is 0 Å². The van der Waals surface area contributed by atoms with Crippen LogP contribution in [-0.4, -0.2) is 0 Å². The molecule has 0 aromatic heterocycles. The molecule has 0 spiro atoms. The summed E-state index contributed by atoms with van der Waals surface area (Å²) in [6, 6.07) is 17.3. The van der Waals surface area contributed by atoms with Crippen molar-refractivity contribution in [3.05, 3.63) is 69.2 Å². The molecule has 0 saturated heterocycles. The number of nitrogens with zero attached hydrogens (tertiary/aromatic N) is 1. The summed E-state index contributed by atoms with van der Waals surface area (Å²) < 4.78 is 0.986. The Hall–Kier alpha value is -1.56. The maximum atomic E-state index is 9.23. The Kier molecular flexibility index (Phi) is 4.19. The topological polar surface area (TPSA) is 23.8 Å². The van der Waals surface area contributed by atoms with Gasteiger partial charge in [-0.05, 0) is 41.5 Å². The second-order valence-corrected chi connectivity index (χ2v) is 5.09. The van der Waals surface area contributed by atoms with Crippen LogP contribution in [0.1, 0.15) is 11.1 Å². The first-order chi connectivity index (χ1) is 8.69. The fourth-order valence-electron chi connectivity index (χ4n) is 1.60. The van der Waals surface area contributed by atoms with Crippen molar-refractivity contribution in [1.29, 1.82) is 5.26 Å². The van der Waals surface area contributed by atoms with Gasteiger partial charge in [-0.2, -0.15) is 5.26 Å². The highest BCUT2D eigenvalue weighted by Crippen LogP contribution is 2.22. The lowest BCUT2D eigenvalue weighted by atomic mass is 10.0. The van der Waals surface area contributed by atoms with Crippen molar-refractivity contribution in [3.8, 4) is 6.07 Å². The first-order valence-corrected chi connectivity index (χ1v) is 6.49. The van der Waals surface area contributed by atoms with Crippen molar-refractivity contribution in [3.63, 3.8) is 0 Å². The highest BCUT2D eigenvalue weighted by atomic mass is 79.9. The number of rotatable bonds is 2. The van der Waals surface area contributed by atoms with Gasteiger partial charge in [0.05, 0.1) is 11.6 Å². The molecular weight excluding hydrogens is 310 g/mol. The fourth-order valence-corrected chi connectivity index (χ4v) is 2.21. The molecule has 0 fully saturated rings. The van der Waals surface area contributed by atoms with Gasteiger partial charge >= 0.3 is 0 Å². The number of allylic oxidation sites excluding steroid dienone is 1. The largest absolute Gasteiger partial charge is 0.192 e. The molecule has 0 N–H and O–H groups in total. The van der Waals surface area contributed by atoms with Crippen LogP contribution in [0.15, 0.2) is 53.0 Å². The van der Waals surface area contributed by atoms with Crippen LogP contribution in [0.2, 0.25) is 5.02 Å². The molecule has 0 heterocycles. The lowest BCUT2D eigenvalue weighted by Gasteiger charge is -2.01. The molecule has 0 aliphatic rings. The van der Waals surface area contributed by atoms with Crippen LogP contribution in [0.5, 0.6) is 0 Å². The minimum Gasteiger partial charge on any atom is -0.192 e. The van der Waals surface area contributed by atoms with Gasteiger partial charge < -0.3 is 0 Å². The first kappa shape index (κ1) is 12.9. The van der Waals surface area contributed by atoms with E-state index in [4.69, 9.17) is 11.6 Å². The summed E-state index contributed by atoms with van der Waals surface area (Å²) in [5.41, 5.74) is 2.39.